The Kier molecular flexibility index (Phi) is 4.14. The third-order valence-electron chi connectivity index (χ3n) is 3.58. The summed E-state index contributed by atoms with van der Waals surface area (Å²) in [4.78, 5) is 9.45. The highest BCUT2D eigenvalue weighted by Gasteiger charge is 2.24. The molecule has 0 aromatic carbocycles. The van der Waals surface area contributed by atoms with Gasteiger partial charge in [0.25, 0.3) is 0 Å². The molecule has 5 heteroatoms. The molecule has 0 amide bonds. The van der Waals surface area contributed by atoms with Crippen LogP contribution in [0.15, 0.2) is 18.5 Å². The van der Waals surface area contributed by atoms with E-state index in [4.69, 9.17) is 18.0 Å². The number of rotatable bonds is 3. The standard InChI is InChI=1S/C13H20N4S/c1-3-16-6-7-17(9-10(16)2)12-8-15-5-4-11(12)13(14)18/h4-5,8,10H,3,6-7,9H2,1-2H3,(H2,14,18). The van der Waals surface area contributed by atoms with Gasteiger partial charge in [0.1, 0.15) is 4.99 Å². The Morgan fingerprint density at radius 3 is 2.94 bits per heavy atom. The molecule has 1 aromatic heterocycles. The molecule has 0 bridgehead atoms. The van der Waals surface area contributed by atoms with E-state index >= 15 is 0 Å². The van der Waals surface area contributed by atoms with E-state index < -0.39 is 0 Å². The van der Waals surface area contributed by atoms with Gasteiger partial charge < -0.3 is 10.6 Å². The van der Waals surface area contributed by atoms with Crippen molar-refractivity contribution in [1.82, 2.24) is 9.88 Å². The van der Waals surface area contributed by atoms with E-state index in [9.17, 15) is 0 Å². The number of nitrogens with two attached hydrogens (primary N) is 1. The molecular weight excluding hydrogens is 244 g/mol. The summed E-state index contributed by atoms with van der Waals surface area (Å²) in [6.07, 6.45) is 3.60. The first-order valence-electron chi connectivity index (χ1n) is 6.36. The molecule has 0 saturated carbocycles. The zero-order valence-electron chi connectivity index (χ0n) is 11.0. The third kappa shape index (κ3) is 2.62. The number of hydrogen-bond donors (Lipinski definition) is 1. The van der Waals surface area contributed by atoms with Gasteiger partial charge in [-0.25, -0.2) is 0 Å². The molecule has 1 aromatic rings. The molecular formula is C13H20N4S. The van der Waals surface area contributed by atoms with Crippen LogP contribution < -0.4 is 10.6 Å². The van der Waals surface area contributed by atoms with Gasteiger partial charge in [-0.15, -0.1) is 0 Å². The van der Waals surface area contributed by atoms with Crippen molar-refractivity contribution in [2.75, 3.05) is 31.1 Å². The largest absolute Gasteiger partial charge is 0.389 e. The summed E-state index contributed by atoms with van der Waals surface area (Å²) in [6, 6.07) is 2.44. The fourth-order valence-corrected chi connectivity index (χ4v) is 2.70. The zero-order valence-corrected chi connectivity index (χ0v) is 11.8. The first-order valence-corrected chi connectivity index (χ1v) is 6.77. The van der Waals surface area contributed by atoms with Crippen molar-refractivity contribution < 1.29 is 0 Å². The van der Waals surface area contributed by atoms with Gasteiger partial charge in [-0.05, 0) is 19.5 Å². The summed E-state index contributed by atoms with van der Waals surface area (Å²) in [5, 5.41) is 0. The topological polar surface area (TPSA) is 45.4 Å². The highest BCUT2D eigenvalue weighted by molar-refractivity contribution is 7.80. The molecule has 1 aliphatic heterocycles. The van der Waals surface area contributed by atoms with Gasteiger partial charge in [-0.2, -0.15) is 0 Å². The predicted octanol–water partition coefficient (Wildman–Crippen LogP) is 1.25. The first kappa shape index (κ1) is 13.2. The van der Waals surface area contributed by atoms with Crippen molar-refractivity contribution in [3.63, 3.8) is 0 Å². The lowest BCUT2D eigenvalue weighted by molar-refractivity contribution is 0.199. The maximum absolute atomic E-state index is 5.78. The SMILES string of the molecule is CCN1CCN(c2cnccc2C(N)=S)CC1C. The minimum Gasteiger partial charge on any atom is -0.389 e. The summed E-state index contributed by atoms with van der Waals surface area (Å²) >= 11 is 5.11. The van der Waals surface area contributed by atoms with E-state index in [1.807, 2.05) is 12.3 Å². The van der Waals surface area contributed by atoms with Crippen LogP contribution in [0.2, 0.25) is 0 Å². The molecule has 1 aliphatic rings. The second-order valence-electron chi connectivity index (χ2n) is 4.68. The Hall–Kier alpha value is -1.20. The molecule has 2 heterocycles. The molecule has 1 saturated heterocycles. The summed E-state index contributed by atoms with van der Waals surface area (Å²) < 4.78 is 0. The molecule has 1 unspecified atom stereocenters. The van der Waals surface area contributed by atoms with E-state index in [0.29, 0.717) is 11.0 Å². The lowest BCUT2D eigenvalue weighted by Crippen LogP contribution is -2.52. The van der Waals surface area contributed by atoms with E-state index in [2.05, 4.69) is 28.6 Å². The van der Waals surface area contributed by atoms with Crippen molar-refractivity contribution >= 4 is 22.9 Å². The van der Waals surface area contributed by atoms with Crippen molar-refractivity contribution in [2.45, 2.75) is 19.9 Å². The Labute approximate surface area is 114 Å². The van der Waals surface area contributed by atoms with E-state index in [1.54, 1.807) is 6.20 Å². The number of anilines is 1. The number of thiocarbonyl (C=S) groups is 1. The second-order valence-corrected chi connectivity index (χ2v) is 5.12. The van der Waals surface area contributed by atoms with Crippen LogP contribution in [-0.2, 0) is 0 Å². The fourth-order valence-electron chi connectivity index (χ4n) is 2.53. The van der Waals surface area contributed by atoms with Gasteiger partial charge >= 0.3 is 0 Å². The minimum absolute atomic E-state index is 0.443. The molecule has 18 heavy (non-hydrogen) atoms. The molecule has 2 rings (SSSR count). The maximum Gasteiger partial charge on any atom is 0.106 e. The molecule has 2 N–H and O–H groups in total. The summed E-state index contributed by atoms with van der Waals surface area (Å²) in [6.45, 7) is 8.63. The van der Waals surface area contributed by atoms with Crippen molar-refractivity contribution in [3.8, 4) is 0 Å². The number of nitrogens with zero attached hydrogens (tertiary/aromatic N) is 3. The first-order chi connectivity index (χ1) is 8.63. The molecule has 0 spiro atoms. The lowest BCUT2D eigenvalue weighted by atomic mass is 10.1. The Morgan fingerprint density at radius 1 is 1.56 bits per heavy atom. The van der Waals surface area contributed by atoms with Crippen LogP contribution in [0.5, 0.6) is 0 Å². The van der Waals surface area contributed by atoms with Crippen molar-refractivity contribution in [2.24, 2.45) is 5.73 Å². The molecule has 1 fully saturated rings. The van der Waals surface area contributed by atoms with E-state index in [1.165, 1.54) is 0 Å². The van der Waals surface area contributed by atoms with Crippen LogP contribution in [0.3, 0.4) is 0 Å². The van der Waals surface area contributed by atoms with Crippen molar-refractivity contribution in [1.29, 1.82) is 0 Å². The summed E-state index contributed by atoms with van der Waals surface area (Å²) in [7, 11) is 0. The van der Waals surface area contributed by atoms with Crippen LogP contribution in [-0.4, -0.2) is 47.1 Å². The number of piperazine rings is 1. The lowest BCUT2D eigenvalue weighted by Gasteiger charge is -2.40. The normalized spacial score (nSPS) is 21.0. The highest BCUT2D eigenvalue weighted by Crippen LogP contribution is 2.22. The molecule has 4 nitrogen and oxygen atoms in total. The second kappa shape index (κ2) is 5.63. The van der Waals surface area contributed by atoms with Crippen LogP contribution in [0, 0.1) is 0 Å². The van der Waals surface area contributed by atoms with E-state index in [0.717, 1.165) is 37.4 Å². The monoisotopic (exact) mass is 264 g/mol. The Balaban J connectivity index is 2.20. The average Bonchev–Trinajstić information content (AvgIpc) is 2.38. The van der Waals surface area contributed by atoms with Crippen LogP contribution >= 0.6 is 12.2 Å². The van der Waals surface area contributed by atoms with Crippen LogP contribution in [0.4, 0.5) is 5.69 Å². The smallest absolute Gasteiger partial charge is 0.106 e. The maximum atomic E-state index is 5.78. The van der Waals surface area contributed by atoms with Crippen molar-refractivity contribution in [3.05, 3.63) is 24.0 Å². The van der Waals surface area contributed by atoms with Gasteiger partial charge in [-0.3, -0.25) is 9.88 Å². The van der Waals surface area contributed by atoms with Gasteiger partial charge in [0.05, 0.1) is 11.9 Å². The predicted molar refractivity (Wildman–Crippen MR) is 79.0 cm³/mol. The number of pyridine rings is 1. The Bertz CT molecular complexity index is 435. The Morgan fingerprint density at radius 2 is 2.33 bits per heavy atom. The third-order valence-corrected chi connectivity index (χ3v) is 3.80. The summed E-state index contributed by atoms with van der Waals surface area (Å²) in [5.74, 6) is 0. The summed E-state index contributed by atoms with van der Waals surface area (Å²) in [5.41, 5.74) is 7.77. The zero-order chi connectivity index (χ0) is 13.1. The van der Waals surface area contributed by atoms with Gasteiger partial charge in [0.15, 0.2) is 0 Å². The molecule has 98 valence electrons. The van der Waals surface area contributed by atoms with E-state index in [-0.39, 0.29) is 0 Å². The van der Waals surface area contributed by atoms with Gasteiger partial charge in [0.2, 0.25) is 0 Å². The van der Waals surface area contributed by atoms with Crippen LogP contribution in [0.1, 0.15) is 19.4 Å². The quantitative estimate of drug-likeness (QED) is 0.832. The number of likely N-dealkylation sites (N-methyl/N-ethyl adjacent to an activating group) is 1. The molecule has 0 aliphatic carbocycles. The number of aromatic nitrogens is 1. The average molecular weight is 264 g/mol. The fraction of sp³-hybridized carbons (Fsp3) is 0.538. The molecule has 1 atom stereocenters. The van der Waals surface area contributed by atoms with Gasteiger partial charge in [0, 0.05) is 37.4 Å². The number of hydrogen-bond acceptors (Lipinski definition) is 4. The minimum atomic E-state index is 0.443. The van der Waals surface area contributed by atoms with Gasteiger partial charge in [-0.1, -0.05) is 19.1 Å². The van der Waals surface area contributed by atoms with Crippen LogP contribution in [0.25, 0.3) is 0 Å². The molecule has 0 radical (unpaired) electrons. The highest BCUT2D eigenvalue weighted by atomic mass is 32.1.